The lowest BCUT2D eigenvalue weighted by atomic mass is 10.1. The van der Waals surface area contributed by atoms with Crippen LogP contribution in [0, 0.1) is 11.3 Å². The minimum Gasteiger partial charge on any atom is -0.405 e. The van der Waals surface area contributed by atoms with Crippen molar-refractivity contribution in [3.8, 4) is 11.8 Å². The van der Waals surface area contributed by atoms with Crippen LogP contribution in [0.25, 0.3) is 0 Å². The fourth-order valence-electron chi connectivity index (χ4n) is 1.79. The van der Waals surface area contributed by atoms with E-state index in [9.17, 15) is 18.0 Å². The van der Waals surface area contributed by atoms with Gasteiger partial charge < -0.3 is 4.74 Å². The van der Waals surface area contributed by atoms with Crippen molar-refractivity contribution < 1.29 is 22.7 Å². The number of ketones is 1. The number of alkyl halides is 3. The maximum absolute atomic E-state index is 12.4. The Morgan fingerprint density at radius 3 is 2.44 bits per heavy atom. The number of carbonyl (C=O) groups is 1. The summed E-state index contributed by atoms with van der Waals surface area (Å²) in [6.45, 7) is 0. The van der Waals surface area contributed by atoms with Crippen LogP contribution in [0.3, 0.4) is 0 Å². The van der Waals surface area contributed by atoms with E-state index in [1.165, 1.54) is 18.2 Å². The number of carbonyl (C=O) groups excluding carboxylic acids is 1. The van der Waals surface area contributed by atoms with Gasteiger partial charge in [-0.15, -0.1) is 13.2 Å². The summed E-state index contributed by atoms with van der Waals surface area (Å²) >= 11 is 5.90. The zero-order chi connectivity index (χ0) is 18.4. The summed E-state index contributed by atoms with van der Waals surface area (Å²) in [4.78, 5) is 12.3. The van der Waals surface area contributed by atoms with Crippen molar-refractivity contribution in [3.05, 3.63) is 59.1 Å². The third-order valence-electron chi connectivity index (χ3n) is 2.84. The number of hydrogen-bond donors (Lipinski definition) is 1. The zero-order valence-corrected chi connectivity index (χ0v) is 13.1. The average molecular weight is 368 g/mol. The SMILES string of the molecule is N#CC(=NNc1ccccc1Cl)C(=O)c1ccccc1OC(F)(F)F. The number of rotatable bonds is 5. The lowest BCUT2D eigenvalue weighted by Crippen LogP contribution is -2.21. The van der Waals surface area contributed by atoms with Gasteiger partial charge in [-0.2, -0.15) is 10.4 Å². The molecule has 0 fully saturated rings. The molecule has 9 heteroatoms. The van der Waals surface area contributed by atoms with Crippen molar-refractivity contribution in [2.24, 2.45) is 5.10 Å². The van der Waals surface area contributed by atoms with Crippen molar-refractivity contribution in [1.29, 1.82) is 5.26 Å². The van der Waals surface area contributed by atoms with Crippen molar-refractivity contribution >= 4 is 28.8 Å². The second-order valence-electron chi connectivity index (χ2n) is 4.54. The number of hydrogen-bond acceptors (Lipinski definition) is 5. The molecule has 5 nitrogen and oxygen atoms in total. The summed E-state index contributed by atoms with van der Waals surface area (Å²) in [6.07, 6.45) is -4.98. The van der Waals surface area contributed by atoms with E-state index in [1.807, 2.05) is 0 Å². The van der Waals surface area contributed by atoms with Crippen LogP contribution < -0.4 is 10.2 Å². The van der Waals surface area contributed by atoms with Gasteiger partial charge in [0, 0.05) is 0 Å². The summed E-state index contributed by atoms with van der Waals surface area (Å²) in [5.41, 5.74) is 1.66. The molecule has 25 heavy (non-hydrogen) atoms. The molecule has 0 aliphatic carbocycles. The van der Waals surface area contributed by atoms with E-state index in [-0.39, 0.29) is 5.02 Å². The van der Waals surface area contributed by atoms with Crippen LogP contribution in [-0.2, 0) is 0 Å². The van der Waals surface area contributed by atoms with Crippen molar-refractivity contribution in [3.63, 3.8) is 0 Å². The minimum absolute atomic E-state index is 0.289. The number of nitriles is 1. The van der Waals surface area contributed by atoms with E-state index in [0.29, 0.717) is 5.69 Å². The molecule has 0 spiro atoms. The molecular formula is C16H9ClF3N3O2. The van der Waals surface area contributed by atoms with Gasteiger partial charge in [0.2, 0.25) is 11.5 Å². The number of Topliss-reactive ketones (excluding diaryl/α,β-unsaturated/α-hetero) is 1. The van der Waals surface area contributed by atoms with E-state index < -0.39 is 29.2 Å². The first-order valence-electron chi connectivity index (χ1n) is 6.69. The normalized spacial score (nSPS) is 11.6. The second kappa shape index (κ2) is 7.68. The Balaban J connectivity index is 2.30. The molecule has 0 aliphatic heterocycles. The maximum Gasteiger partial charge on any atom is 0.573 e. The molecule has 0 radical (unpaired) electrons. The molecule has 0 atom stereocenters. The lowest BCUT2D eigenvalue weighted by Gasteiger charge is -2.12. The van der Waals surface area contributed by atoms with Crippen LogP contribution in [0.5, 0.6) is 5.75 Å². The molecule has 1 N–H and O–H groups in total. The molecule has 0 bridgehead atoms. The Labute approximate surface area is 145 Å². The van der Waals surface area contributed by atoms with Gasteiger partial charge in [-0.25, -0.2) is 0 Å². The molecule has 0 aromatic heterocycles. The molecule has 128 valence electrons. The third-order valence-corrected chi connectivity index (χ3v) is 3.17. The second-order valence-corrected chi connectivity index (χ2v) is 4.94. The van der Waals surface area contributed by atoms with Gasteiger partial charge in [0.15, 0.2) is 0 Å². The van der Waals surface area contributed by atoms with Crippen molar-refractivity contribution in [2.45, 2.75) is 6.36 Å². The van der Waals surface area contributed by atoms with Crippen LogP contribution in [0.15, 0.2) is 53.6 Å². The number of ether oxygens (including phenoxy) is 1. The largest absolute Gasteiger partial charge is 0.573 e. The Bertz CT molecular complexity index is 860. The monoisotopic (exact) mass is 367 g/mol. The molecule has 2 rings (SSSR count). The van der Waals surface area contributed by atoms with E-state index in [4.69, 9.17) is 16.9 Å². The quantitative estimate of drug-likeness (QED) is 0.482. The molecule has 0 heterocycles. The van der Waals surface area contributed by atoms with E-state index in [2.05, 4.69) is 15.3 Å². The Hall–Kier alpha value is -3.05. The summed E-state index contributed by atoms with van der Waals surface area (Å²) in [7, 11) is 0. The van der Waals surface area contributed by atoms with Gasteiger partial charge in [-0.1, -0.05) is 35.9 Å². The first-order chi connectivity index (χ1) is 11.8. The predicted octanol–water partition coefficient (Wildman–Crippen LogP) is 4.41. The summed E-state index contributed by atoms with van der Waals surface area (Å²) < 4.78 is 41.1. The van der Waals surface area contributed by atoms with E-state index in [0.717, 1.165) is 12.1 Å². The van der Waals surface area contributed by atoms with Gasteiger partial charge in [-0.05, 0) is 24.3 Å². The fourth-order valence-corrected chi connectivity index (χ4v) is 1.97. The van der Waals surface area contributed by atoms with Crippen molar-refractivity contribution in [2.75, 3.05) is 5.43 Å². The van der Waals surface area contributed by atoms with Gasteiger partial charge in [0.25, 0.3) is 0 Å². The summed E-state index contributed by atoms with van der Waals surface area (Å²) in [6, 6.07) is 12.6. The molecule has 2 aromatic carbocycles. The first-order valence-corrected chi connectivity index (χ1v) is 7.07. The topological polar surface area (TPSA) is 74.5 Å². The highest BCUT2D eigenvalue weighted by atomic mass is 35.5. The number of benzene rings is 2. The Morgan fingerprint density at radius 2 is 1.80 bits per heavy atom. The average Bonchev–Trinajstić information content (AvgIpc) is 2.56. The van der Waals surface area contributed by atoms with Crippen LogP contribution in [0.4, 0.5) is 18.9 Å². The maximum atomic E-state index is 12.4. The summed E-state index contributed by atoms with van der Waals surface area (Å²) in [5.74, 6) is -1.75. The number of nitrogens with zero attached hydrogens (tertiary/aromatic N) is 2. The summed E-state index contributed by atoms with van der Waals surface area (Å²) in [5, 5.41) is 13.0. The number of nitrogens with one attached hydrogen (secondary N) is 1. The smallest absolute Gasteiger partial charge is 0.405 e. The predicted molar refractivity (Wildman–Crippen MR) is 85.6 cm³/mol. The number of anilines is 1. The van der Waals surface area contributed by atoms with Gasteiger partial charge >= 0.3 is 6.36 Å². The lowest BCUT2D eigenvalue weighted by molar-refractivity contribution is -0.274. The minimum atomic E-state index is -4.98. The zero-order valence-electron chi connectivity index (χ0n) is 12.3. The highest BCUT2D eigenvalue weighted by Crippen LogP contribution is 2.27. The molecule has 0 saturated carbocycles. The number of hydrazone groups is 1. The standard InChI is InChI=1S/C16H9ClF3N3O2/c17-11-6-2-3-7-12(11)22-23-13(9-21)15(24)10-5-1-4-8-14(10)25-16(18,19)20/h1-8,22H. The molecular weight excluding hydrogens is 359 g/mol. The number of para-hydroxylation sites is 2. The Kier molecular flexibility index (Phi) is 5.62. The van der Waals surface area contributed by atoms with E-state index in [1.54, 1.807) is 24.3 Å². The van der Waals surface area contributed by atoms with Crippen LogP contribution in [0.1, 0.15) is 10.4 Å². The van der Waals surface area contributed by atoms with E-state index >= 15 is 0 Å². The Morgan fingerprint density at radius 1 is 1.16 bits per heavy atom. The molecule has 0 aliphatic rings. The van der Waals surface area contributed by atoms with Crippen LogP contribution >= 0.6 is 11.6 Å². The molecule has 2 aromatic rings. The fraction of sp³-hybridized carbons (Fsp3) is 0.0625. The number of halogens is 4. The highest BCUT2D eigenvalue weighted by molar-refractivity contribution is 6.51. The van der Waals surface area contributed by atoms with Crippen molar-refractivity contribution in [1.82, 2.24) is 0 Å². The molecule has 0 unspecified atom stereocenters. The van der Waals surface area contributed by atoms with Gasteiger partial charge in [-0.3, -0.25) is 10.2 Å². The van der Waals surface area contributed by atoms with Gasteiger partial charge in [0.05, 0.1) is 16.3 Å². The molecule has 0 saturated heterocycles. The highest BCUT2D eigenvalue weighted by Gasteiger charge is 2.33. The molecule has 0 amide bonds. The third kappa shape index (κ3) is 4.96. The van der Waals surface area contributed by atoms with Crippen LogP contribution in [0.2, 0.25) is 5.02 Å². The van der Waals surface area contributed by atoms with Crippen LogP contribution in [-0.4, -0.2) is 17.9 Å². The van der Waals surface area contributed by atoms with Gasteiger partial charge in [0.1, 0.15) is 11.8 Å². The first kappa shape index (κ1) is 18.3.